The van der Waals surface area contributed by atoms with Gasteiger partial charge in [0.25, 0.3) is 0 Å². The third kappa shape index (κ3) is 3.00. The molecule has 0 unspecified atom stereocenters. The number of hydrogen-bond acceptors (Lipinski definition) is 1. The fourth-order valence-corrected chi connectivity index (χ4v) is 1.61. The standard InChI is InChI=1S/C13H17ClO/c1-10-7-8-12(6-4-5-9-14)13(15-3)11(10)2/h4,6-8H,5,9H2,1-3H3/b6-4+. The first-order valence-corrected chi connectivity index (χ1v) is 5.61. The van der Waals surface area contributed by atoms with Crippen LogP contribution >= 0.6 is 11.6 Å². The van der Waals surface area contributed by atoms with Crippen LogP contribution in [-0.2, 0) is 0 Å². The molecule has 0 aliphatic rings. The zero-order valence-corrected chi connectivity index (χ0v) is 10.3. The Hall–Kier alpha value is -0.950. The SMILES string of the molecule is COc1c(/C=C/CCCl)ccc(C)c1C. The van der Waals surface area contributed by atoms with E-state index in [1.165, 1.54) is 11.1 Å². The highest BCUT2D eigenvalue weighted by atomic mass is 35.5. The quantitative estimate of drug-likeness (QED) is 0.704. The topological polar surface area (TPSA) is 9.23 Å². The number of methoxy groups -OCH3 is 1. The zero-order chi connectivity index (χ0) is 11.3. The molecule has 0 aromatic heterocycles. The van der Waals surface area contributed by atoms with Gasteiger partial charge in [0, 0.05) is 11.4 Å². The normalized spacial score (nSPS) is 10.9. The Kier molecular flexibility index (Phi) is 4.70. The molecule has 0 atom stereocenters. The Balaban J connectivity index is 3.02. The van der Waals surface area contributed by atoms with Crippen molar-refractivity contribution < 1.29 is 4.74 Å². The van der Waals surface area contributed by atoms with E-state index in [1.807, 2.05) is 0 Å². The fraction of sp³-hybridized carbons (Fsp3) is 0.385. The van der Waals surface area contributed by atoms with Gasteiger partial charge in [-0.15, -0.1) is 11.6 Å². The van der Waals surface area contributed by atoms with Crippen LogP contribution in [0.5, 0.6) is 5.75 Å². The summed E-state index contributed by atoms with van der Waals surface area (Å²) in [4.78, 5) is 0. The van der Waals surface area contributed by atoms with Crippen molar-refractivity contribution in [2.75, 3.05) is 13.0 Å². The van der Waals surface area contributed by atoms with Gasteiger partial charge in [0.05, 0.1) is 7.11 Å². The van der Waals surface area contributed by atoms with Gasteiger partial charge in [0.1, 0.15) is 5.75 Å². The first-order chi connectivity index (χ1) is 7.20. The van der Waals surface area contributed by atoms with Crippen LogP contribution in [0.15, 0.2) is 18.2 Å². The van der Waals surface area contributed by atoms with Crippen molar-refractivity contribution in [2.45, 2.75) is 20.3 Å². The number of ether oxygens (including phenoxy) is 1. The summed E-state index contributed by atoms with van der Waals surface area (Å²) in [5.74, 6) is 1.62. The van der Waals surface area contributed by atoms with Gasteiger partial charge >= 0.3 is 0 Å². The second-order valence-corrected chi connectivity index (χ2v) is 3.89. The molecular formula is C13H17ClO. The van der Waals surface area contributed by atoms with Gasteiger partial charge in [0.15, 0.2) is 0 Å². The van der Waals surface area contributed by atoms with E-state index in [0.717, 1.165) is 17.7 Å². The predicted molar refractivity (Wildman–Crippen MR) is 66.8 cm³/mol. The minimum Gasteiger partial charge on any atom is -0.496 e. The number of benzene rings is 1. The van der Waals surface area contributed by atoms with E-state index in [2.05, 4.69) is 38.1 Å². The van der Waals surface area contributed by atoms with Crippen molar-refractivity contribution in [1.82, 2.24) is 0 Å². The smallest absolute Gasteiger partial charge is 0.129 e. The zero-order valence-electron chi connectivity index (χ0n) is 9.51. The molecule has 1 rings (SSSR count). The average molecular weight is 225 g/mol. The fourth-order valence-electron chi connectivity index (χ4n) is 1.49. The molecule has 1 nitrogen and oxygen atoms in total. The summed E-state index contributed by atoms with van der Waals surface area (Å²) in [6.07, 6.45) is 5.02. The van der Waals surface area contributed by atoms with Crippen molar-refractivity contribution in [3.05, 3.63) is 34.9 Å². The first kappa shape index (κ1) is 12.1. The molecule has 1 aromatic rings. The van der Waals surface area contributed by atoms with Crippen LogP contribution in [0.2, 0.25) is 0 Å². The maximum Gasteiger partial charge on any atom is 0.129 e. The van der Waals surface area contributed by atoms with Crippen LogP contribution in [0, 0.1) is 13.8 Å². The minimum absolute atomic E-state index is 0.656. The van der Waals surface area contributed by atoms with E-state index in [9.17, 15) is 0 Å². The largest absolute Gasteiger partial charge is 0.496 e. The highest BCUT2D eigenvalue weighted by Gasteiger charge is 2.05. The van der Waals surface area contributed by atoms with Gasteiger partial charge in [-0.05, 0) is 31.4 Å². The van der Waals surface area contributed by atoms with E-state index >= 15 is 0 Å². The number of alkyl halides is 1. The molecule has 0 aliphatic heterocycles. The Morgan fingerprint density at radius 2 is 2.07 bits per heavy atom. The molecule has 15 heavy (non-hydrogen) atoms. The Morgan fingerprint density at radius 3 is 2.67 bits per heavy atom. The number of rotatable bonds is 4. The summed E-state index contributed by atoms with van der Waals surface area (Å²) in [6.45, 7) is 4.16. The minimum atomic E-state index is 0.656. The highest BCUT2D eigenvalue weighted by molar-refractivity contribution is 6.17. The van der Waals surface area contributed by atoms with Gasteiger partial charge in [0.2, 0.25) is 0 Å². The maximum atomic E-state index is 5.62. The molecule has 0 N–H and O–H groups in total. The molecule has 0 bridgehead atoms. The van der Waals surface area contributed by atoms with Gasteiger partial charge in [-0.2, -0.15) is 0 Å². The molecule has 82 valence electrons. The van der Waals surface area contributed by atoms with Crippen LogP contribution < -0.4 is 4.74 Å². The van der Waals surface area contributed by atoms with Crippen LogP contribution in [-0.4, -0.2) is 13.0 Å². The summed E-state index contributed by atoms with van der Waals surface area (Å²) < 4.78 is 5.40. The molecule has 0 fully saturated rings. The lowest BCUT2D eigenvalue weighted by Crippen LogP contribution is -1.93. The molecule has 0 saturated carbocycles. The van der Waals surface area contributed by atoms with E-state index in [0.29, 0.717) is 5.88 Å². The van der Waals surface area contributed by atoms with E-state index in [4.69, 9.17) is 16.3 Å². The average Bonchev–Trinajstić information content (AvgIpc) is 2.24. The lowest BCUT2D eigenvalue weighted by molar-refractivity contribution is 0.410. The van der Waals surface area contributed by atoms with Crippen LogP contribution in [0.1, 0.15) is 23.1 Å². The molecule has 0 radical (unpaired) electrons. The second kappa shape index (κ2) is 5.82. The van der Waals surface area contributed by atoms with E-state index < -0.39 is 0 Å². The lowest BCUT2D eigenvalue weighted by atomic mass is 10.0. The summed E-state index contributed by atoms with van der Waals surface area (Å²) in [5.41, 5.74) is 3.57. The second-order valence-electron chi connectivity index (χ2n) is 3.51. The van der Waals surface area contributed by atoms with Gasteiger partial charge in [-0.3, -0.25) is 0 Å². The van der Waals surface area contributed by atoms with Crippen molar-refractivity contribution >= 4 is 17.7 Å². The summed E-state index contributed by atoms with van der Waals surface area (Å²) in [6, 6.07) is 4.18. The molecule has 0 saturated heterocycles. The molecule has 0 amide bonds. The Morgan fingerprint density at radius 1 is 1.33 bits per heavy atom. The van der Waals surface area contributed by atoms with Gasteiger partial charge in [-0.25, -0.2) is 0 Å². The Labute approximate surface area is 96.7 Å². The van der Waals surface area contributed by atoms with Gasteiger partial charge in [-0.1, -0.05) is 24.3 Å². The van der Waals surface area contributed by atoms with Crippen LogP contribution in [0.3, 0.4) is 0 Å². The van der Waals surface area contributed by atoms with Gasteiger partial charge < -0.3 is 4.74 Å². The van der Waals surface area contributed by atoms with Crippen LogP contribution in [0.25, 0.3) is 6.08 Å². The van der Waals surface area contributed by atoms with E-state index in [1.54, 1.807) is 7.11 Å². The molecule has 1 aromatic carbocycles. The molecular weight excluding hydrogens is 208 g/mol. The number of aryl methyl sites for hydroxylation is 1. The number of hydrogen-bond donors (Lipinski definition) is 0. The first-order valence-electron chi connectivity index (χ1n) is 5.07. The highest BCUT2D eigenvalue weighted by Crippen LogP contribution is 2.27. The summed E-state index contributed by atoms with van der Waals surface area (Å²) in [7, 11) is 1.71. The maximum absolute atomic E-state index is 5.62. The number of halogens is 1. The summed E-state index contributed by atoms with van der Waals surface area (Å²) >= 11 is 5.62. The van der Waals surface area contributed by atoms with Crippen molar-refractivity contribution in [3.8, 4) is 5.75 Å². The molecule has 0 aliphatic carbocycles. The monoisotopic (exact) mass is 224 g/mol. The van der Waals surface area contributed by atoms with Crippen LogP contribution in [0.4, 0.5) is 0 Å². The molecule has 0 heterocycles. The Bertz CT molecular complexity index is 356. The van der Waals surface area contributed by atoms with E-state index in [-0.39, 0.29) is 0 Å². The van der Waals surface area contributed by atoms with Crippen molar-refractivity contribution in [2.24, 2.45) is 0 Å². The van der Waals surface area contributed by atoms with Crippen molar-refractivity contribution in [3.63, 3.8) is 0 Å². The molecule has 0 spiro atoms. The lowest BCUT2D eigenvalue weighted by Gasteiger charge is -2.10. The predicted octanol–water partition coefficient (Wildman–Crippen LogP) is 3.95. The van der Waals surface area contributed by atoms with Crippen molar-refractivity contribution in [1.29, 1.82) is 0 Å². The summed E-state index contributed by atoms with van der Waals surface area (Å²) in [5, 5.41) is 0. The number of allylic oxidation sites excluding steroid dienone is 1. The molecule has 2 heteroatoms. The third-order valence-electron chi connectivity index (χ3n) is 2.48. The third-order valence-corrected chi connectivity index (χ3v) is 2.70.